The summed E-state index contributed by atoms with van der Waals surface area (Å²) in [6.45, 7) is 3.39. The standard InChI is InChI=1S/C19H18N8O3/c28-17(23-13-11-21-5-4-14(13)25-9-6-20-7-10-25)18-22-12-16(30-18)27-19(29)26-8-2-1-3-15(26)24-27/h1-5,8,11-12,20H,6-7,9-10H2,(H,23,28). The average Bonchev–Trinajstić information content (AvgIpc) is 3.40. The van der Waals surface area contributed by atoms with E-state index in [9.17, 15) is 9.59 Å². The minimum Gasteiger partial charge on any atom is -0.414 e. The van der Waals surface area contributed by atoms with Gasteiger partial charge in [-0.25, -0.2) is 14.2 Å². The van der Waals surface area contributed by atoms with E-state index in [0.717, 1.165) is 36.5 Å². The molecule has 0 unspecified atom stereocenters. The molecule has 0 aromatic carbocycles. The van der Waals surface area contributed by atoms with Crippen LogP contribution in [-0.2, 0) is 0 Å². The Morgan fingerprint density at radius 2 is 2.03 bits per heavy atom. The Labute approximate surface area is 170 Å². The molecule has 0 radical (unpaired) electrons. The lowest BCUT2D eigenvalue weighted by molar-refractivity contribution is 0.0989. The fourth-order valence-corrected chi connectivity index (χ4v) is 3.38. The number of pyridine rings is 2. The lowest BCUT2D eigenvalue weighted by atomic mass is 10.2. The molecule has 1 aliphatic rings. The van der Waals surface area contributed by atoms with E-state index in [-0.39, 0.29) is 11.8 Å². The van der Waals surface area contributed by atoms with Crippen molar-refractivity contribution in [3.63, 3.8) is 0 Å². The van der Waals surface area contributed by atoms with Crippen LogP contribution in [0.25, 0.3) is 11.5 Å². The number of amides is 1. The van der Waals surface area contributed by atoms with E-state index in [0.29, 0.717) is 11.3 Å². The number of carbonyl (C=O) groups is 1. The first-order valence-corrected chi connectivity index (χ1v) is 9.44. The number of rotatable bonds is 4. The third-order valence-corrected chi connectivity index (χ3v) is 4.83. The van der Waals surface area contributed by atoms with E-state index in [1.165, 1.54) is 10.6 Å². The Bertz CT molecular complexity index is 1270. The number of hydrogen-bond acceptors (Lipinski definition) is 8. The van der Waals surface area contributed by atoms with E-state index >= 15 is 0 Å². The fourth-order valence-electron chi connectivity index (χ4n) is 3.38. The molecule has 4 aromatic heterocycles. The summed E-state index contributed by atoms with van der Waals surface area (Å²) < 4.78 is 7.96. The van der Waals surface area contributed by atoms with Crippen molar-refractivity contribution in [3.8, 4) is 5.88 Å². The number of piperazine rings is 1. The number of anilines is 2. The van der Waals surface area contributed by atoms with E-state index < -0.39 is 11.6 Å². The highest BCUT2D eigenvalue weighted by atomic mass is 16.4. The Hall–Kier alpha value is -3.99. The van der Waals surface area contributed by atoms with Gasteiger partial charge in [-0.2, -0.15) is 0 Å². The number of aromatic nitrogens is 5. The average molecular weight is 406 g/mol. The summed E-state index contributed by atoms with van der Waals surface area (Å²) in [5.74, 6) is -0.658. The number of nitrogens with one attached hydrogen (secondary N) is 2. The van der Waals surface area contributed by atoms with E-state index in [1.54, 1.807) is 36.8 Å². The van der Waals surface area contributed by atoms with Gasteiger partial charge >= 0.3 is 11.6 Å². The van der Waals surface area contributed by atoms with Crippen molar-refractivity contribution in [2.75, 3.05) is 36.4 Å². The monoisotopic (exact) mass is 406 g/mol. The summed E-state index contributed by atoms with van der Waals surface area (Å²) in [6, 6.07) is 7.05. The summed E-state index contributed by atoms with van der Waals surface area (Å²) in [5.41, 5.74) is 1.49. The molecule has 30 heavy (non-hydrogen) atoms. The first-order valence-electron chi connectivity index (χ1n) is 9.44. The summed E-state index contributed by atoms with van der Waals surface area (Å²) in [5, 5.41) is 10.3. The summed E-state index contributed by atoms with van der Waals surface area (Å²) >= 11 is 0. The summed E-state index contributed by atoms with van der Waals surface area (Å²) in [4.78, 5) is 35.5. The zero-order chi connectivity index (χ0) is 20.5. The fraction of sp³-hybridized carbons (Fsp3) is 0.211. The molecule has 1 fully saturated rings. The molecule has 0 spiro atoms. The number of hydrogen-bond donors (Lipinski definition) is 2. The van der Waals surface area contributed by atoms with Gasteiger partial charge in [-0.1, -0.05) is 6.07 Å². The van der Waals surface area contributed by atoms with Crippen molar-refractivity contribution in [1.29, 1.82) is 0 Å². The van der Waals surface area contributed by atoms with E-state index in [2.05, 4.69) is 30.6 Å². The van der Waals surface area contributed by atoms with Gasteiger partial charge in [-0.3, -0.25) is 9.78 Å². The first-order chi connectivity index (χ1) is 14.7. The molecule has 0 bridgehead atoms. The molecule has 4 aromatic rings. The molecule has 11 nitrogen and oxygen atoms in total. The van der Waals surface area contributed by atoms with Crippen LogP contribution in [0.3, 0.4) is 0 Å². The highest BCUT2D eigenvalue weighted by Crippen LogP contribution is 2.25. The van der Waals surface area contributed by atoms with Gasteiger partial charge in [0.05, 0.1) is 23.8 Å². The van der Waals surface area contributed by atoms with Gasteiger partial charge in [0.1, 0.15) is 0 Å². The van der Waals surface area contributed by atoms with Gasteiger partial charge in [0.2, 0.25) is 5.88 Å². The second kappa shape index (κ2) is 7.44. The highest BCUT2D eigenvalue weighted by Gasteiger charge is 2.20. The molecule has 0 aliphatic carbocycles. The van der Waals surface area contributed by atoms with Crippen LogP contribution in [0.5, 0.6) is 0 Å². The minimum absolute atomic E-state index is 0.0577. The van der Waals surface area contributed by atoms with Crippen LogP contribution < -0.4 is 21.2 Å². The van der Waals surface area contributed by atoms with Crippen molar-refractivity contribution in [2.45, 2.75) is 0 Å². The Morgan fingerprint density at radius 3 is 2.87 bits per heavy atom. The Morgan fingerprint density at radius 1 is 1.17 bits per heavy atom. The lowest BCUT2D eigenvalue weighted by Crippen LogP contribution is -2.43. The molecule has 5 heterocycles. The van der Waals surface area contributed by atoms with Crippen molar-refractivity contribution in [3.05, 3.63) is 65.4 Å². The van der Waals surface area contributed by atoms with Crippen molar-refractivity contribution < 1.29 is 9.21 Å². The molecule has 11 heteroatoms. The Balaban J connectivity index is 1.40. The predicted octanol–water partition coefficient (Wildman–Crippen LogP) is 0.530. The molecule has 2 N–H and O–H groups in total. The van der Waals surface area contributed by atoms with Crippen molar-refractivity contribution in [2.24, 2.45) is 0 Å². The molecule has 152 valence electrons. The lowest BCUT2D eigenvalue weighted by Gasteiger charge is -2.30. The second-order valence-corrected chi connectivity index (χ2v) is 6.71. The quantitative estimate of drug-likeness (QED) is 0.503. The van der Waals surface area contributed by atoms with Gasteiger partial charge in [0.25, 0.3) is 5.89 Å². The second-order valence-electron chi connectivity index (χ2n) is 6.71. The van der Waals surface area contributed by atoms with Crippen LogP contribution in [0, 0.1) is 0 Å². The molecular weight excluding hydrogens is 388 g/mol. The third kappa shape index (κ3) is 3.20. The number of fused-ring (bicyclic) bond motifs is 1. The van der Waals surface area contributed by atoms with Crippen LogP contribution >= 0.6 is 0 Å². The zero-order valence-corrected chi connectivity index (χ0v) is 15.9. The largest absolute Gasteiger partial charge is 0.414 e. The van der Waals surface area contributed by atoms with E-state index in [4.69, 9.17) is 4.42 Å². The molecule has 5 rings (SSSR count). The van der Waals surface area contributed by atoms with Crippen molar-refractivity contribution >= 4 is 22.9 Å². The highest BCUT2D eigenvalue weighted by molar-refractivity contribution is 6.02. The SMILES string of the molecule is O=C(Nc1cnccc1N1CCNCC1)c1ncc(-n2nc3ccccn3c2=O)o1. The molecule has 1 amide bonds. The van der Waals surface area contributed by atoms with Crippen LogP contribution in [-0.4, -0.2) is 56.2 Å². The summed E-state index contributed by atoms with van der Waals surface area (Å²) in [7, 11) is 0. The number of carbonyl (C=O) groups excluding carboxylic acids is 1. The van der Waals surface area contributed by atoms with Crippen LogP contribution in [0.15, 0.2) is 58.3 Å². The predicted molar refractivity (Wildman–Crippen MR) is 108 cm³/mol. The van der Waals surface area contributed by atoms with Gasteiger partial charge < -0.3 is 20.0 Å². The number of nitrogens with zero attached hydrogens (tertiary/aromatic N) is 6. The maximum atomic E-state index is 12.7. The maximum absolute atomic E-state index is 12.7. The molecule has 0 saturated carbocycles. The summed E-state index contributed by atoms with van der Waals surface area (Å²) in [6.07, 6.45) is 6.17. The molecular formula is C19H18N8O3. The van der Waals surface area contributed by atoms with Crippen molar-refractivity contribution in [1.82, 2.24) is 29.5 Å². The first kappa shape index (κ1) is 18.1. The zero-order valence-electron chi connectivity index (χ0n) is 15.9. The van der Waals surface area contributed by atoms with Gasteiger partial charge in [-0.15, -0.1) is 9.78 Å². The van der Waals surface area contributed by atoms with Gasteiger partial charge in [0, 0.05) is 38.6 Å². The van der Waals surface area contributed by atoms with Crippen LogP contribution in [0.4, 0.5) is 11.4 Å². The van der Waals surface area contributed by atoms with Gasteiger partial charge in [0.15, 0.2) is 5.65 Å². The van der Waals surface area contributed by atoms with Gasteiger partial charge in [-0.05, 0) is 18.2 Å². The molecule has 0 atom stereocenters. The third-order valence-electron chi connectivity index (χ3n) is 4.83. The minimum atomic E-state index is -0.539. The Kier molecular flexibility index (Phi) is 4.48. The molecule has 1 saturated heterocycles. The molecule has 1 aliphatic heterocycles. The van der Waals surface area contributed by atoms with E-state index in [1.807, 2.05) is 6.07 Å². The van der Waals surface area contributed by atoms with Crippen LogP contribution in [0.2, 0.25) is 0 Å². The maximum Gasteiger partial charge on any atom is 0.357 e. The normalized spacial score (nSPS) is 14.2. The smallest absolute Gasteiger partial charge is 0.357 e. The topological polar surface area (TPSA) is 123 Å². The van der Waals surface area contributed by atoms with Crippen LogP contribution in [0.1, 0.15) is 10.7 Å². The number of oxazole rings is 1.